The van der Waals surface area contributed by atoms with Crippen LogP contribution in [0.1, 0.15) is 37.6 Å². The number of carbonyl (C=O) groups excluding carboxylic acids is 3. The number of carbonyl (C=O) groups is 3. The molecule has 178 valence electrons. The van der Waals surface area contributed by atoms with Crippen molar-refractivity contribution in [3.63, 3.8) is 0 Å². The van der Waals surface area contributed by atoms with E-state index in [2.05, 4.69) is 26.1 Å². The van der Waals surface area contributed by atoms with Crippen LogP contribution in [0.5, 0.6) is 0 Å². The van der Waals surface area contributed by atoms with Gasteiger partial charge in [-0.05, 0) is 37.1 Å². The highest BCUT2D eigenvalue weighted by Crippen LogP contribution is 2.26. The summed E-state index contributed by atoms with van der Waals surface area (Å²) in [6.45, 7) is 5.84. The molecule has 0 aliphatic rings. The van der Waals surface area contributed by atoms with Crippen molar-refractivity contribution in [2.45, 2.75) is 33.2 Å². The minimum absolute atomic E-state index is 0.126. The van der Waals surface area contributed by atoms with Crippen LogP contribution in [0.4, 0.5) is 15.6 Å². The van der Waals surface area contributed by atoms with Crippen molar-refractivity contribution >= 4 is 40.1 Å². The van der Waals surface area contributed by atoms with Gasteiger partial charge in [-0.2, -0.15) is 0 Å². The van der Waals surface area contributed by atoms with E-state index >= 15 is 0 Å². The van der Waals surface area contributed by atoms with Gasteiger partial charge in [0.1, 0.15) is 11.0 Å². The van der Waals surface area contributed by atoms with Gasteiger partial charge in [-0.1, -0.05) is 61.9 Å². The molecule has 2 atom stereocenters. The summed E-state index contributed by atoms with van der Waals surface area (Å²) in [7, 11) is 0. The van der Waals surface area contributed by atoms with Gasteiger partial charge in [0.15, 0.2) is 0 Å². The fourth-order valence-electron chi connectivity index (χ4n) is 3.07. The molecule has 0 radical (unpaired) electrons. The number of nitrogens with zero attached hydrogens (tertiary/aromatic N) is 2. The first-order chi connectivity index (χ1) is 16.4. The maximum Gasteiger partial charge on any atom is 0.338 e. The van der Waals surface area contributed by atoms with Gasteiger partial charge in [0, 0.05) is 11.3 Å². The summed E-state index contributed by atoms with van der Waals surface area (Å²) in [6, 6.07) is 14.5. The van der Waals surface area contributed by atoms with Crippen LogP contribution in [0.3, 0.4) is 0 Å². The van der Waals surface area contributed by atoms with Crippen LogP contribution < -0.4 is 16.0 Å². The molecular weight excluding hydrogens is 454 g/mol. The number of amides is 3. The molecule has 34 heavy (non-hydrogen) atoms. The Bertz CT molecular complexity index is 1120. The largest absolute Gasteiger partial charge is 0.462 e. The van der Waals surface area contributed by atoms with Crippen LogP contribution >= 0.6 is 11.3 Å². The predicted molar refractivity (Wildman–Crippen MR) is 132 cm³/mol. The van der Waals surface area contributed by atoms with E-state index in [0.717, 1.165) is 5.56 Å². The second-order valence-corrected chi connectivity index (χ2v) is 8.50. The van der Waals surface area contributed by atoms with E-state index in [0.29, 0.717) is 27.8 Å². The van der Waals surface area contributed by atoms with E-state index in [1.165, 1.54) is 11.3 Å². The van der Waals surface area contributed by atoms with Crippen LogP contribution in [0.25, 0.3) is 10.6 Å². The number of rotatable bonds is 9. The molecule has 2 aromatic carbocycles. The number of nitrogens with one attached hydrogen (secondary N) is 3. The lowest BCUT2D eigenvalue weighted by atomic mass is 9.98. The lowest BCUT2D eigenvalue weighted by molar-refractivity contribution is -0.119. The first-order valence-electron chi connectivity index (χ1n) is 11.0. The number of benzene rings is 2. The number of hydrogen-bond donors (Lipinski definition) is 3. The van der Waals surface area contributed by atoms with Crippen LogP contribution in [-0.4, -0.2) is 40.8 Å². The Morgan fingerprint density at radius 3 is 2.32 bits per heavy atom. The van der Waals surface area contributed by atoms with Crippen LogP contribution in [0, 0.1) is 5.92 Å². The SMILES string of the molecule is CCOC(=O)c1ccc(NC(=O)N[C@H](C(=O)Nc2nnc(-c3ccccc3)s2)[C@H](C)CC)cc1. The normalized spacial score (nSPS) is 12.3. The highest BCUT2D eigenvalue weighted by Gasteiger charge is 2.27. The van der Waals surface area contributed by atoms with Crippen molar-refractivity contribution in [2.75, 3.05) is 17.2 Å². The first-order valence-corrected chi connectivity index (χ1v) is 11.8. The molecule has 0 spiro atoms. The fraction of sp³-hybridized carbons (Fsp3) is 0.292. The minimum Gasteiger partial charge on any atom is -0.462 e. The third-order valence-corrected chi connectivity index (χ3v) is 6.00. The van der Waals surface area contributed by atoms with E-state index < -0.39 is 18.0 Å². The maximum atomic E-state index is 13.0. The molecule has 0 aliphatic carbocycles. The monoisotopic (exact) mass is 481 g/mol. The highest BCUT2D eigenvalue weighted by atomic mass is 32.1. The van der Waals surface area contributed by atoms with E-state index in [1.807, 2.05) is 44.2 Å². The quantitative estimate of drug-likeness (QED) is 0.385. The second-order valence-electron chi connectivity index (χ2n) is 7.53. The molecule has 0 saturated heterocycles. The fourth-order valence-corrected chi connectivity index (χ4v) is 3.82. The van der Waals surface area contributed by atoms with E-state index in [9.17, 15) is 14.4 Å². The Kier molecular flexibility index (Phi) is 8.69. The Labute approximate surface area is 201 Å². The van der Waals surface area contributed by atoms with Gasteiger partial charge >= 0.3 is 12.0 Å². The molecule has 3 rings (SSSR count). The minimum atomic E-state index is -0.784. The van der Waals surface area contributed by atoms with E-state index in [-0.39, 0.29) is 18.4 Å². The lowest BCUT2D eigenvalue weighted by Gasteiger charge is -2.23. The number of aromatic nitrogens is 2. The summed E-state index contributed by atoms with van der Waals surface area (Å²) in [5.74, 6) is -0.935. The van der Waals surface area contributed by atoms with Gasteiger partial charge in [0.05, 0.1) is 12.2 Å². The van der Waals surface area contributed by atoms with Crippen molar-refractivity contribution in [1.29, 1.82) is 0 Å². The number of anilines is 2. The zero-order chi connectivity index (χ0) is 24.5. The van der Waals surface area contributed by atoms with E-state index in [1.54, 1.807) is 31.2 Å². The molecule has 0 fully saturated rings. The topological polar surface area (TPSA) is 122 Å². The van der Waals surface area contributed by atoms with Gasteiger partial charge in [0.25, 0.3) is 0 Å². The zero-order valence-electron chi connectivity index (χ0n) is 19.2. The van der Waals surface area contributed by atoms with Crippen LogP contribution in [0.2, 0.25) is 0 Å². The van der Waals surface area contributed by atoms with Crippen LogP contribution in [-0.2, 0) is 9.53 Å². The summed E-state index contributed by atoms with van der Waals surface area (Å²) in [4.78, 5) is 37.3. The number of ether oxygens (including phenoxy) is 1. The standard InChI is InChI=1S/C24H27N5O4S/c1-4-15(3)19(20(30)27-24-29-28-21(34-24)16-9-7-6-8-10-16)26-23(32)25-18-13-11-17(12-14-18)22(31)33-5-2/h6-15,19H,4-5H2,1-3H3,(H2,25,26,32)(H,27,29,30)/t15-,19+/m1/s1. The van der Waals surface area contributed by atoms with Crippen molar-refractivity contribution in [3.05, 3.63) is 60.2 Å². The maximum absolute atomic E-state index is 13.0. The van der Waals surface area contributed by atoms with Crippen molar-refractivity contribution in [1.82, 2.24) is 15.5 Å². The Morgan fingerprint density at radius 2 is 1.68 bits per heavy atom. The number of urea groups is 1. The Hall–Kier alpha value is -3.79. The molecule has 1 aromatic heterocycles. The average molecular weight is 482 g/mol. The van der Waals surface area contributed by atoms with Gasteiger partial charge in [-0.3, -0.25) is 10.1 Å². The molecule has 0 aliphatic heterocycles. The summed E-state index contributed by atoms with van der Waals surface area (Å²) >= 11 is 1.26. The number of esters is 1. The summed E-state index contributed by atoms with van der Waals surface area (Å²) in [5, 5.41) is 17.4. The molecule has 10 heteroatoms. The highest BCUT2D eigenvalue weighted by molar-refractivity contribution is 7.18. The zero-order valence-corrected chi connectivity index (χ0v) is 20.0. The number of hydrogen-bond acceptors (Lipinski definition) is 7. The molecule has 0 bridgehead atoms. The second kappa shape index (κ2) is 11.9. The summed E-state index contributed by atoms with van der Waals surface area (Å²) in [5.41, 5.74) is 1.77. The van der Waals surface area contributed by atoms with Crippen molar-refractivity contribution in [3.8, 4) is 10.6 Å². The average Bonchev–Trinajstić information content (AvgIpc) is 3.31. The van der Waals surface area contributed by atoms with Crippen molar-refractivity contribution < 1.29 is 19.1 Å². The lowest BCUT2D eigenvalue weighted by Crippen LogP contribution is -2.49. The Morgan fingerprint density at radius 1 is 0.971 bits per heavy atom. The van der Waals surface area contributed by atoms with Gasteiger partial charge in [-0.15, -0.1) is 10.2 Å². The molecule has 3 amide bonds. The molecule has 0 unspecified atom stereocenters. The Balaban J connectivity index is 1.63. The van der Waals surface area contributed by atoms with Gasteiger partial charge < -0.3 is 15.4 Å². The van der Waals surface area contributed by atoms with Gasteiger partial charge in [-0.25, -0.2) is 9.59 Å². The summed E-state index contributed by atoms with van der Waals surface area (Å²) < 4.78 is 4.95. The smallest absolute Gasteiger partial charge is 0.338 e. The molecular formula is C24H27N5O4S. The van der Waals surface area contributed by atoms with E-state index in [4.69, 9.17) is 4.74 Å². The predicted octanol–water partition coefficient (Wildman–Crippen LogP) is 4.56. The van der Waals surface area contributed by atoms with Crippen molar-refractivity contribution in [2.24, 2.45) is 5.92 Å². The molecule has 1 heterocycles. The molecule has 0 saturated carbocycles. The third kappa shape index (κ3) is 6.61. The summed E-state index contributed by atoms with van der Waals surface area (Å²) in [6.07, 6.45) is 0.679. The molecule has 3 aromatic rings. The molecule has 9 nitrogen and oxygen atoms in total. The van der Waals surface area contributed by atoms with Gasteiger partial charge in [0.2, 0.25) is 11.0 Å². The third-order valence-electron chi connectivity index (χ3n) is 5.11. The first kappa shape index (κ1) is 24.8. The molecule has 3 N–H and O–H groups in total. The van der Waals surface area contributed by atoms with Crippen LogP contribution in [0.15, 0.2) is 54.6 Å².